The van der Waals surface area contributed by atoms with Crippen molar-refractivity contribution in [1.29, 1.82) is 0 Å². The zero-order chi connectivity index (χ0) is 14.4. The van der Waals surface area contributed by atoms with E-state index in [0.29, 0.717) is 18.7 Å². The Kier molecular flexibility index (Phi) is 4.96. The van der Waals surface area contributed by atoms with E-state index in [1.54, 1.807) is 6.08 Å². The van der Waals surface area contributed by atoms with E-state index in [2.05, 4.69) is 5.32 Å². The number of aliphatic hydroxyl groups excluding tert-OH is 1. The molecule has 0 saturated carbocycles. The number of rotatable bonds is 6. The van der Waals surface area contributed by atoms with Crippen molar-refractivity contribution >= 4 is 23.0 Å². The summed E-state index contributed by atoms with van der Waals surface area (Å²) in [4.78, 5) is 11.6. The lowest BCUT2D eigenvalue weighted by atomic mass is 10.1. The molecule has 0 aliphatic carbocycles. The molecule has 1 amide bonds. The highest BCUT2D eigenvalue weighted by atomic mass is 16.3. The summed E-state index contributed by atoms with van der Waals surface area (Å²) in [6, 6.07) is 9.61. The Balaban J connectivity index is 1.90. The number of carbonyl (C=O) groups is 1. The zero-order valence-electron chi connectivity index (χ0n) is 11.5. The van der Waals surface area contributed by atoms with E-state index in [0.717, 1.165) is 11.0 Å². The van der Waals surface area contributed by atoms with E-state index >= 15 is 0 Å². The molecule has 1 unspecified atom stereocenters. The van der Waals surface area contributed by atoms with Gasteiger partial charge in [-0.1, -0.05) is 25.1 Å². The predicted molar refractivity (Wildman–Crippen MR) is 79.1 cm³/mol. The minimum Gasteiger partial charge on any atom is -0.457 e. The van der Waals surface area contributed by atoms with E-state index < -0.39 is 0 Å². The van der Waals surface area contributed by atoms with Crippen LogP contribution in [0.3, 0.4) is 0 Å². The van der Waals surface area contributed by atoms with Gasteiger partial charge in [-0.05, 0) is 30.5 Å². The third kappa shape index (κ3) is 3.96. The number of furan rings is 1. The fourth-order valence-electron chi connectivity index (χ4n) is 1.90. The van der Waals surface area contributed by atoms with Gasteiger partial charge in [-0.3, -0.25) is 4.79 Å². The SMILES string of the molecule is CC(CCO)CNC(=O)/C=C/c1cc2ccccc2o1. The first-order valence-electron chi connectivity index (χ1n) is 6.74. The van der Waals surface area contributed by atoms with Crippen molar-refractivity contribution in [2.75, 3.05) is 13.2 Å². The summed E-state index contributed by atoms with van der Waals surface area (Å²) in [5.74, 6) is 0.767. The van der Waals surface area contributed by atoms with E-state index in [-0.39, 0.29) is 18.4 Å². The molecule has 4 heteroatoms. The zero-order valence-corrected chi connectivity index (χ0v) is 11.5. The summed E-state index contributed by atoms with van der Waals surface area (Å²) in [5.41, 5.74) is 0.809. The molecule has 2 aromatic rings. The predicted octanol–water partition coefficient (Wildman–Crippen LogP) is 2.58. The molecule has 0 spiro atoms. The smallest absolute Gasteiger partial charge is 0.244 e. The molecule has 0 bridgehead atoms. The number of para-hydroxylation sites is 1. The summed E-state index contributed by atoms with van der Waals surface area (Å²) in [6.45, 7) is 2.69. The molecule has 20 heavy (non-hydrogen) atoms. The average molecular weight is 273 g/mol. The number of benzene rings is 1. The normalized spacial score (nSPS) is 12.9. The Morgan fingerprint density at radius 1 is 1.45 bits per heavy atom. The monoisotopic (exact) mass is 273 g/mol. The summed E-state index contributed by atoms with van der Waals surface area (Å²) in [7, 11) is 0. The lowest BCUT2D eigenvalue weighted by Crippen LogP contribution is -2.26. The second-order valence-electron chi connectivity index (χ2n) is 4.88. The number of hydrogen-bond donors (Lipinski definition) is 2. The highest BCUT2D eigenvalue weighted by Gasteiger charge is 2.03. The number of nitrogens with one attached hydrogen (secondary N) is 1. The van der Waals surface area contributed by atoms with Gasteiger partial charge in [-0.15, -0.1) is 0 Å². The van der Waals surface area contributed by atoms with Crippen LogP contribution in [0.15, 0.2) is 40.8 Å². The van der Waals surface area contributed by atoms with Crippen LogP contribution in [-0.4, -0.2) is 24.2 Å². The topological polar surface area (TPSA) is 62.5 Å². The third-order valence-electron chi connectivity index (χ3n) is 3.09. The van der Waals surface area contributed by atoms with Crippen molar-refractivity contribution < 1.29 is 14.3 Å². The van der Waals surface area contributed by atoms with E-state index in [9.17, 15) is 4.79 Å². The molecule has 1 aromatic heterocycles. The van der Waals surface area contributed by atoms with Crippen LogP contribution in [-0.2, 0) is 4.79 Å². The van der Waals surface area contributed by atoms with Crippen LogP contribution in [0.2, 0.25) is 0 Å². The Morgan fingerprint density at radius 3 is 3.00 bits per heavy atom. The maximum absolute atomic E-state index is 11.6. The van der Waals surface area contributed by atoms with Crippen molar-refractivity contribution in [3.8, 4) is 0 Å². The maximum atomic E-state index is 11.6. The summed E-state index contributed by atoms with van der Waals surface area (Å²) < 4.78 is 5.58. The third-order valence-corrected chi connectivity index (χ3v) is 3.09. The van der Waals surface area contributed by atoms with Crippen molar-refractivity contribution in [3.05, 3.63) is 42.2 Å². The quantitative estimate of drug-likeness (QED) is 0.795. The minimum atomic E-state index is -0.157. The lowest BCUT2D eigenvalue weighted by Gasteiger charge is -2.09. The first kappa shape index (κ1) is 14.3. The highest BCUT2D eigenvalue weighted by Crippen LogP contribution is 2.19. The number of aliphatic hydroxyl groups is 1. The van der Waals surface area contributed by atoms with E-state index in [4.69, 9.17) is 9.52 Å². The van der Waals surface area contributed by atoms with Gasteiger partial charge in [-0.25, -0.2) is 0 Å². The molecule has 1 aromatic carbocycles. The van der Waals surface area contributed by atoms with Crippen LogP contribution < -0.4 is 5.32 Å². The molecular formula is C16H19NO3. The number of amides is 1. The fourth-order valence-corrected chi connectivity index (χ4v) is 1.90. The van der Waals surface area contributed by atoms with Crippen molar-refractivity contribution in [1.82, 2.24) is 5.32 Å². The maximum Gasteiger partial charge on any atom is 0.244 e. The lowest BCUT2D eigenvalue weighted by molar-refractivity contribution is -0.116. The fraction of sp³-hybridized carbons (Fsp3) is 0.312. The second-order valence-corrected chi connectivity index (χ2v) is 4.88. The van der Waals surface area contributed by atoms with Crippen molar-refractivity contribution in [3.63, 3.8) is 0 Å². The second kappa shape index (κ2) is 6.91. The Morgan fingerprint density at radius 2 is 2.25 bits per heavy atom. The first-order chi connectivity index (χ1) is 9.69. The van der Waals surface area contributed by atoms with Crippen LogP contribution in [0.1, 0.15) is 19.1 Å². The van der Waals surface area contributed by atoms with Crippen LogP contribution in [0, 0.1) is 5.92 Å². The molecule has 0 radical (unpaired) electrons. The minimum absolute atomic E-state index is 0.145. The Hall–Kier alpha value is -2.07. The van der Waals surface area contributed by atoms with Gasteiger partial charge in [0.25, 0.3) is 0 Å². The van der Waals surface area contributed by atoms with Crippen LogP contribution in [0.5, 0.6) is 0 Å². The molecule has 1 atom stereocenters. The Bertz CT molecular complexity index is 568. The standard InChI is InChI=1S/C16H19NO3/c1-12(8-9-18)11-17-16(19)7-6-14-10-13-4-2-3-5-15(13)20-14/h2-7,10,12,18H,8-9,11H2,1H3,(H,17,19)/b7-6+. The molecule has 2 rings (SSSR count). The number of carbonyl (C=O) groups excluding carboxylic acids is 1. The van der Waals surface area contributed by atoms with Gasteiger partial charge in [0.05, 0.1) is 0 Å². The molecule has 0 fully saturated rings. The van der Waals surface area contributed by atoms with Gasteiger partial charge in [0.1, 0.15) is 11.3 Å². The molecule has 4 nitrogen and oxygen atoms in total. The molecule has 1 heterocycles. The molecule has 0 aliphatic heterocycles. The first-order valence-corrected chi connectivity index (χ1v) is 6.74. The molecule has 0 aliphatic rings. The van der Waals surface area contributed by atoms with Crippen molar-refractivity contribution in [2.24, 2.45) is 5.92 Å². The summed E-state index contributed by atoms with van der Waals surface area (Å²) >= 11 is 0. The number of fused-ring (bicyclic) bond motifs is 1. The molecule has 106 valence electrons. The van der Waals surface area contributed by atoms with E-state index in [1.165, 1.54) is 6.08 Å². The van der Waals surface area contributed by atoms with Gasteiger partial charge in [0.15, 0.2) is 0 Å². The van der Waals surface area contributed by atoms with Crippen molar-refractivity contribution in [2.45, 2.75) is 13.3 Å². The van der Waals surface area contributed by atoms with E-state index in [1.807, 2.05) is 37.3 Å². The molecular weight excluding hydrogens is 254 g/mol. The van der Waals surface area contributed by atoms with Gasteiger partial charge < -0.3 is 14.8 Å². The van der Waals surface area contributed by atoms with Gasteiger partial charge >= 0.3 is 0 Å². The molecule has 2 N–H and O–H groups in total. The van der Waals surface area contributed by atoms with Crippen LogP contribution in [0.25, 0.3) is 17.0 Å². The highest BCUT2D eigenvalue weighted by molar-refractivity contribution is 5.92. The van der Waals surface area contributed by atoms with Gasteiger partial charge in [0, 0.05) is 24.6 Å². The Labute approximate surface area is 118 Å². The van der Waals surface area contributed by atoms with Gasteiger partial charge in [-0.2, -0.15) is 0 Å². The number of hydrogen-bond acceptors (Lipinski definition) is 3. The molecule has 0 saturated heterocycles. The average Bonchev–Trinajstić information content (AvgIpc) is 2.86. The van der Waals surface area contributed by atoms with Gasteiger partial charge in [0.2, 0.25) is 5.91 Å². The largest absolute Gasteiger partial charge is 0.457 e. The van der Waals surface area contributed by atoms with Crippen LogP contribution in [0.4, 0.5) is 0 Å². The van der Waals surface area contributed by atoms with Crippen LogP contribution >= 0.6 is 0 Å². The summed E-state index contributed by atoms with van der Waals surface area (Å²) in [6.07, 6.45) is 3.81. The summed E-state index contributed by atoms with van der Waals surface area (Å²) in [5, 5.41) is 12.6.